The summed E-state index contributed by atoms with van der Waals surface area (Å²) in [4.78, 5) is 0. The quantitative estimate of drug-likeness (QED) is 0.719. The number of allylic oxidation sites excluding steroid dienone is 4. The van der Waals surface area contributed by atoms with Crippen LogP contribution in [-0.2, 0) is 18.3 Å². The Balaban J connectivity index is 2.86. The maximum absolute atomic E-state index is 5.84. The van der Waals surface area contributed by atoms with E-state index in [1.807, 2.05) is 24.5 Å². The fourth-order valence-corrected chi connectivity index (χ4v) is 3.09. The summed E-state index contributed by atoms with van der Waals surface area (Å²) in [6.45, 7) is 4.05. The van der Waals surface area contributed by atoms with Crippen molar-refractivity contribution >= 4 is 24.0 Å². The van der Waals surface area contributed by atoms with Crippen LogP contribution in [0.25, 0.3) is 0 Å². The van der Waals surface area contributed by atoms with Gasteiger partial charge in [0.05, 0.1) is 0 Å². The van der Waals surface area contributed by atoms with Crippen LogP contribution in [0.15, 0.2) is 23.5 Å². The van der Waals surface area contributed by atoms with Crippen LogP contribution in [0, 0.1) is 0 Å². The van der Waals surface area contributed by atoms with Crippen molar-refractivity contribution in [2.45, 2.75) is 32.8 Å². The Morgan fingerprint density at radius 3 is 2.79 bits per heavy atom. The molecule has 1 aliphatic rings. The first-order valence-corrected chi connectivity index (χ1v) is 9.97. The molecule has 14 heavy (non-hydrogen) atoms. The van der Waals surface area contributed by atoms with Crippen molar-refractivity contribution in [2.24, 2.45) is 0 Å². The van der Waals surface area contributed by atoms with Gasteiger partial charge in [0.1, 0.15) is 0 Å². The molecule has 0 aliphatic heterocycles. The van der Waals surface area contributed by atoms with Crippen molar-refractivity contribution in [3.8, 4) is 0 Å². The van der Waals surface area contributed by atoms with Crippen molar-refractivity contribution < 1.29 is 18.3 Å². The standard InChI is InChI=1S/C10H14O.2ClH.Ru/c1-8(2)11-10-7-5-4-6-9(10)3;;;/h3-4,6,8H,5,7H2,1-2H3;2*1H;/q;;;+2/p-2. The third-order valence-corrected chi connectivity index (χ3v) is 3.56. The van der Waals surface area contributed by atoms with E-state index in [1.54, 1.807) is 0 Å². The molecule has 1 nitrogen and oxygen atoms in total. The van der Waals surface area contributed by atoms with Gasteiger partial charge in [0.15, 0.2) is 0 Å². The van der Waals surface area contributed by atoms with Crippen LogP contribution < -0.4 is 0 Å². The van der Waals surface area contributed by atoms with Crippen molar-refractivity contribution in [1.82, 2.24) is 0 Å². The molecule has 0 heterocycles. The summed E-state index contributed by atoms with van der Waals surface area (Å²) in [6.07, 6.45) is 6.38. The third kappa shape index (κ3) is 4.25. The predicted octanol–water partition coefficient (Wildman–Crippen LogP) is 3.74. The van der Waals surface area contributed by atoms with E-state index in [-0.39, 0.29) is 6.10 Å². The van der Waals surface area contributed by atoms with Crippen molar-refractivity contribution in [3.05, 3.63) is 23.5 Å². The second-order valence-electron chi connectivity index (χ2n) is 3.29. The molecule has 0 atom stereocenters. The van der Waals surface area contributed by atoms with Crippen LogP contribution in [0.2, 0.25) is 0 Å². The van der Waals surface area contributed by atoms with E-state index in [0.29, 0.717) is 0 Å². The second kappa shape index (κ2) is 6.05. The fraction of sp³-hybridized carbons (Fsp3) is 0.500. The molecule has 0 aromatic carbocycles. The summed E-state index contributed by atoms with van der Waals surface area (Å²) < 4.78 is 7.65. The van der Waals surface area contributed by atoms with Crippen molar-refractivity contribution in [3.63, 3.8) is 0 Å². The molecular weight excluding hydrogens is 308 g/mol. The predicted molar refractivity (Wildman–Crippen MR) is 59.4 cm³/mol. The number of rotatable bonds is 3. The summed E-state index contributed by atoms with van der Waals surface area (Å²) in [5, 5.41) is 0. The van der Waals surface area contributed by atoms with Gasteiger partial charge in [-0.2, -0.15) is 0 Å². The SMILES string of the molecule is CC(C)OC1=C([CH]=[Ru]([Cl])[Cl])C=CCC1. The van der Waals surface area contributed by atoms with E-state index in [0.717, 1.165) is 24.2 Å². The molecule has 0 N–H and O–H groups in total. The Morgan fingerprint density at radius 1 is 1.50 bits per heavy atom. The molecule has 82 valence electrons. The molecule has 0 radical (unpaired) electrons. The van der Waals surface area contributed by atoms with E-state index in [1.165, 1.54) is 0 Å². The molecule has 0 saturated heterocycles. The average Bonchev–Trinajstić information content (AvgIpc) is 2.06. The van der Waals surface area contributed by atoms with Gasteiger partial charge in [0.2, 0.25) is 0 Å². The Labute approximate surface area is 98.2 Å². The molecule has 0 bridgehead atoms. The number of hydrogen-bond acceptors (Lipinski definition) is 1. The van der Waals surface area contributed by atoms with E-state index in [2.05, 4.69) is 6.08 Å². The molecule has 0 unspecified atom stereocenters. The van der Waals surface area contributed by atoms with Gasteiger partial charge < -0.3 is 0 Å². The molecule has 0 aromatic heterocycles. The van der Waals surface area contributed by atoms with Crippen LogP contribution >= 0.6 is 19.4 Å². The maximum atomic E-state index is 5.84. The fourth-order valence-electron chi connectivity index (χ4n) is 1.25. The van der Waals surface area contributed by atoms with Crippen LogP contribution in [0.5, 0.6) is 0 Å². The van der Waals surface area contributed by atoms with Gasteiger partial charge in [-0.15, -0.1) is 0 Å². The molecule has 0 spiro atoms. The zero-order valence-corrected chi connectivity index (χ0v) is 11.5. The number of hydrogen-bond donors (Lipinski definition) is 0. The monoisotopic (exact) mass is 322 g/mol. The van der Waals surface area contributed by atoms with Crippen LogP contribution in [0.3, 0.4) is 0 Å². The van der Waals surface area contributed by atoms with Gasteiger partial charge in [-0.05, 0) is 0 Å². The minimum absolute atomic E-state index is 0.214. The first kappa shape index (κ1) is 12.4. The Kier molecular flexibility index (Phi) is 5.37. The molecule has 0 fully saturated rings. The van der Waals surface area contributed by atoms with Gasteiger partial charge in [-0.3, -0.25) is 0 Å². The average molecular weight is 322 g/mol. The van der Waals surface area contributed by atoms with Crippen LogP contribution in [-0.4, -0.2) is 10.7 Å². The summed E-state index contributed by atoms with van der Waals surface area (Å²) in [7, 11) is 11.7. The zero-order chi connectivity index (χ0) is 10.6. The molecule has 0 saturated carbocycles. The Bertz CT molecular complexity index is 288. The minimum atomic E-state index is -1.74. The molecular formula is C10H14Cl2ORu. The third-order valence-electron chi connectivity index (χ3n) is 1.72. The Hall–Kier alpha value is 0.353. The van der Waals surface area contributed by atoms with Crippen LogP contribution in [0.4, 0.5) is 0 Å². The van der Waals surface area contributed by atoms with Gasteiger partial charge >= 0.3 is 98.5 Å². The van der Waals surface area contributed by atoms with Gasteiger partial charge in [-0.25, -0.2) is 0 Å². The van der Waals surface area contributed by atoms with Gasteiger partial charge in [-0.1, -0.05) is 0 Å². The van der Waals surface area contributed by atoms with E-state index in [9.17, 15) is 0 Å². The molecule has 0 aromatic rings. The topological polar surface area (TPSA) is 9.23 Å². The molecule has 4 heteroatoms. The van der Waals surface area contributed by atoms with Crippen molar-refractivity contribution in [1.29, 1.82) is 0 Å². The summed E-state index contributed by atoms with van der Waals surface area (Å²) in [5.41, 5.74) is 1.08. The van der Waals surface area contributed by atoms with E-state index in [4.69, 9.17) is 24.1 Å². The molecule has 1 rings (SSSR count). The van der Waals surface area contributed by atoms with Gasteiger partial charge in [0.25, 0.3) is 0 Å². The van der Waals surface area contributed by atoms with E-state index < -0.39 is 13.5 Å². The van der Waals surface area contributed by atoms with E-state index >= 15 is 0 Å². The molecule has 1 aliphatic carbocycles. The zero-order valence-electron chi connectivity index (χ0n) is 8.24. The Morgan fingerprint density at radius 2 is 2.21 bits per heavy atom. The normalized spacial score (nSPS) is 17.4. The molecule has 0 amide bonds. The first-order chi connectivity index (χ1) is 6.59. The second-order valence-corrected chi connectivity index (χ2v) is 9.02. The van der Waals surface area contributed by atoms with Gasteiger partial charge in [0, 0.05) is 0 Å². The van der Waals surface area contributed by atoms with Crippen molar-refractivity contribution in [2.75, 3.05) is 0 Å². The summed E-state index contributed by atoms with van der Waals surface area (Å²) >= 11 is -1.74. The van der Waals surface area contributed by atoms with Crippen LogP contribution in [0.1, 0.15) is 26.7 Å². The summed E-state index contributed by atoms with van der Waals surface area (Å²) in [5.74, 6) is 1.03. The summed E-state index contributed by atoms with van der Waals surface area (Å²) in [6, 6.07) is 0. The number of ether oxygens (including phenoxy) is 1. The number of halogens is 2. The first-order valence-electron chi connectivity index (χ1n) is 4.49.